The third-order valence-corrected chi connectivity index (χ3v) is 3.71. The molecule has 0 bridgehead atoms. The third kappa shape index (κ3) is 4.76. The van der Waals surface area contributed by atoms with Crippen LogP contribution in [0.15, 0.2) is 24.3 Å². The molecule has 1 atom stereocenters. The van der Waals surface area contributed by atoms with Crippen molar-refractivity contribution in [1.82, 2.24) is 5.32 Å². The molecule has 5 nitrogen and oxygen atoms in total. The van der Waals surface area contributed by atoms with E-state index < -0.39 is 11.7 Å². The van der Waals surface area contributed by atoms with Gasteiger partial charge in [-0.15, -0.1) is 0 Å². The number of carbonyl (C=O) groups is 2. The highest BCUT2D eigenvalue weighted by Crippen LogP contribution is 2.27. The van der Waals surface area contributed by atoms with Crippen LogP contribution in [-0.2, 0) is 14.3 Å². The molecule has 1 heterocycles. The van der Waals surface area contributed by atoms with Gasteiger partial charge in [-0.05, 0) is 32.4 Å². The van der Waals surface area contributed by atoms with Gasteiger partial charge in [-0.2, -0.15) is 0 Å². The van der Waals surface area contributed by atoms with E-state index in [1.165, 1.54) is 11.0 Å². The Morgan fingerprint density at radius 1 is 1.43 bits per heavy atom. The van der Waals surface area contributed by atoms with Gasteiger partial charge >= 0.3 is 0 Å². The Bertz CT molecular complexity index is 563. The lowest BCUT2D eigenvalue weighted by Crippen LogP contribution is -2.34. The molecule has 0 aromatic heterocycles. The van der Waals surface area contributed by atoms with Crippen LogP contribution in [-0.4, -0.2) is 37.6 Å². The number of halogens is 1. The average Bonchev–Trinajstić information content (AvgIpc) is 2.89. The van der Waals surface area contributed by atoms with Crippen molar-refractivity contribution in [3.05, 3.63) is 30.1 Å². The van der Waals surface area contributed by atoms with Gasteiger partial charge in [-0.3, -0.25) is 9.59 Å². The van der Waals surface area contributed by atoms with Crippen LogP contribution in [0.4, 0.5) is 10.1 Å². The lowest BCUT2D eigenvalue weighted by atomic mass is 10.1. The third-order valence-electron chi connectivity index (χ3n) is 3.71. The molecule has 1 N–H and O–H groups in total. The largest absolute Gasteiger partial charge is 0.379 e. The molecular weight excluding hydrogens is 299 g/mol. The summed E-state index contributed by atoms with van der Waals surface area (Å²) in [7, 11) is 0. The number of anilines is 1. The molecule has 126 valence electrons. The summed E-state index contributed by atoms with van der Waals surface area (Å²) in [5.41, 5.74) is 0.234. The van der Waals surface area contributed by atoms with Crippen LogP contribution in [0.5, 0.6) is 0 Å². The molecule has 0 saturated carbocycles. The predicted octanol–water partition coefficient (Wildman–Crippen LogP) is 2.11. The number of rotatable bonds is 7. The van der Waals surface area contributed by atoms with E-state index in [9.17, 15) is 14.0 Å². The molecule has 0 radical (unpaired) electrons. The summed E-state index contributed by atoms with van der Waals surface area (Å²) in [6.45, 7) is 5.23. The van der Waals surface area contributed by atoms with E-state index in [1.54, 1.807) is 18.2 Å². The lowest BCUT2D eigenvalue weighted by Gasteiger charge is -2.17. The Kier molecular flexibility index (Phi) is 6.10. The van der Waals surface area contributed by atoms with E-state index in [2.05, 4.69) is 5.32 Å². The average molecular weight is 322 g/mol. The summed E-state index contributed by atoms with van der Waals surface area (Å²) in [4.78, 5) is 25.5. The lowest BCUT2D eigenvalue weighted by molar-refractivity contribution is -0.126. The second kappa shape index (κ2) is 8.06. The van der Waals surface area contributed by atoms with Crippen LogP contribution < -0.4 is 10.2 Å². The van der Waals surface area contributed by atoms with E-state index in [-0.39, 0.29) is 36.6 Å². The van der Waals surface area contributed by atoms with Crippen LogP contribution in [0.2, 0.25) is 0 Å². The molecule has 23 heavy (non-hydrogen) atoms. The maximum atomic E-state index is 13.8. The van der Waals surface area contributed by atoms with Crippen molar-refractivity contribution in [1.29, 1.82) is 0 Å². The Balaban J connectivity index is 1.82. The Morgan fingerprint density at radius 3 is 2.87 bits per heavy atom. The zero-order valence-corrected chi connectivity index (χ0v) is 13.5. The van der Waals surface area contributed by atoms with E-state index in [4.69, 9.17) is 4.74 Å². The fraction of sp³-hybridized carbons (Fsp3) is 0.529. The van der Waals surface area contributed by atoms with Gasteiger partial charge in [-0.25, -0.2) is 4.39 Å². The van der Waals surface area contributed by atoms with E-state index in [0.29, 0.717) is 13.2 Å². The second-order valence-electron chi connectivity index (χ2n) is 5.92. The van der Waals surface area contributed by atoms with Gasteiger partial charge in [-0.1, -0.05) is 12.1 Å². The summed E-state index contributed by atoms with van der Waals surface area (Å²) in [6, 6.07) is 6.11. The van der Waals surface area contributed by atoms with Crippen molar-refractivity contribution in [3.8, 4) is 0 Å². The van der Waals surface area contributed by atoms with E-state index in [0.717, 1.165) is 6.42 Å². The molecular formula is C17H23FN2O3. The first-order valence-electron chi connectivity index (χ1n) is 7.93. The van der Waals surface area contributed by atoms with Gasteiger partial charge < -0.3 is 15.0 Å². The van der Waals surface area contributed by atoms with Crippen molar-refractivity contribution >= 4 is 17.5 Å². The topological polar surface area (TPSA) is 58.6 Å². The van der Waals surface area contributed by atoms with Crippen LogP contribution in [0.1, 0.15) is 26.7 Å². The molecule has 6 heteroatoms. The summed E-state index contributed by atoms with van der Waals surface area (Å²) in [5.74, 6) is -1.28. The van der Waals surface area contributed by atoms with Gasteiger partial charge in [0.05, 0.1) is 17.7 Å². The standard InChI is InChI=1S/C17H23FN2O3/c1-12(2)23-9-5-8-19-17(22)13-10-16(21)20(11-13)15-7-4-3-6-14(15)18/h3-4,6-7,12-13H,5,8-11H2,1-2H3,(H,19,22)/t13-/m0/s1. The number of nitrogens with zero attached hydrogens (tertiary/aromatic N) is 1. The summed E-state index contributed by atoms with van der Waals surface area (Å²) in [5, 5.41) is 2.81. The van der Waals surface area contributed by atoms with Gasteiger partial charge in [0, 0.05) is 26.1 Å². The van der Waals surface area contributed by atoms with Crippen molar-refractivity contribution in [2.75, 3.05) is 24.6 Å². The smallest absolute Gasteiger partial charge is 0.227 e. The minimum absolute atomic E-state index is 0.114. The zero-order chi connectivity index (χ0) is 16.8. The number of hydrogen-bond donors (Lipinski definition) is 1. The Morgan fingerprint density at radius 2 is 2.17 bits per heavy atom. The van der Waals surface area contributed by atoms with E-state index in [1.807, 2.05) is 13.8 Å². The maximum absolute atomic E-state index is 13.8. The quantitative estimate of drug-likeness (QED) is 0.782. The molecule has 2 amide bonds. The molecule has 1 aliphatic heterocycles. The summed E-state index contributed by atoms with van der Waals surface area (Å²) < 4.78 is 19.2. The molecule has 0 aliphatic carbocycles. The SMILES string of the molecule is CC(C)OCCCNC(=O)[C@H]1CC(=O)N(c2ccccc2F)C1. The first-order chi connectivity index (χ1) is 11.0. The van der Waals surface area contributed by atoms with Crippen LogP contribution in [0, 0.1) is 11.7 Å². The maximum Gasteiger partial charge on any atom is 0.227 e. The fourth-order valence-corrected chi connectivity index (χ4v) is 2.53. The van der Waals surface area contributed by atoms with Gasteiger partial charge in [0.15, 0.2) is 0 Å². The molecule has 1 saturated heterocycles. The highest BCUT2D eigenvalue weighted by molar-refractivity contribution is 6.00. The molecule has 1 aromatic carbocycles. The van der Waals surface area contributed by atoms with Crippen LogP contribution >= 0.6 is 0 Å². The highest BCUT2D eigenvalue weighted by Gasteiger charge is 2.35. The predicted molar refractivity (Wildman–Crippen MR) is 85.6 cm³/mol. The Labute approximate surface area is 135 Å². The molecule has 1 aliphatic rings. The number of carbonyl (C=O) groups excluding carboxylic acids is 2. The number of nitrogens with one attached hydrogen (secondary N) is 1. The number of hydrogen-bond acceptors (Lipinski definition) is 3. The number of para-hydroxylation sites is 1. The normalized spacial score (nSPS) is 17.8. The summed E-state index contributed by atoms with van der Waals surface area (Å²) >= 11 is 0. The Hall–Kier alpha value is -1.95. The van der Waals surface area contributed by atoms with Gasteiger partial charge in [0.2, 0.25) is 11.8 Å². The monoisotopic (exact) mass is 322 g/mol. The van der Waals surface area contributed by atoms with Crippen molar-refractivity contribution < 1.29 is 18.7 Å². The van der Waals surface area contributed by atoms with E-state index >= 15 is 0 Å². The molecule has 0 spiro atoms. The first kappa shape index (κ1) is 17.4. The van der Waals surface area contributed by atoms with Crippen LogP contribution in [0.25, 0.3) is 0 Å². The van der Waals surface area contributed by atoms with Crippen molar-refractivity contribution in [3.63, 3.8) is 0 Å². The fourth-order valence-electron chi connectivity index (χ4n) is 2.53. The van der Waals surface area contributed by atoms with Gasteiger partial charge in [0.25, 0.3) is 0 Å². The highest BCUT2D eigenvalue weighted by atomic mass is 19.1. The first-order valence-corrected chi connectivity index (χ1v) is 7.93. The zero-order valence-electron chi connectivity index (χ0n) is 13.5. The number of ether oxygens (including phenoxy) is 1. The molecule has 2 rings (SSSR count). The minimum Gasteiger partial charge on any atom is -0.379 e. The van der Waals surface area contributed by atoms with Crippen LogP contribution in [0.3, 0.4) is 0 Å². The van der Waals surface area contributed by atoms with Crippen molar-refractivity contribution in [2.45, 2.75) is 32.8 Å². The molecule has 1 fully saturated rings. The van der Waals surface area contributed by atoms with Crippen molar-refractivity contribution in [2.24, 2.45) is 5.92 Å². The molecule has 1 aromatic rings. The molecule has 0 unspecified atom stereocenters. The number of amides is 2. The van der Waals surface area contributed by atoms with Gasteiger partial charge in [0.1, 0.15) is 5.82 Å². The summed E-state index contributed by atoms with van der Waals surface area (Å²) in [6.07, 6.45) is 1.01. The second-order valence-corrected chi connectivity index (χ2v) is 5.92. The minimum atomic E-state index is -0.451. The number of benzene rings is 1.